The molecule has 3 aromatic rings. The minimum atomic E-state index is -5.05. The summed E-state index contributed by atoms with van der Waals surface area (Å²) in [7, 11) is 0. The molecule has 4 rings (SSSR count). The molecule has 0 aliphatic carbocycles. The van der Waals surface area contributed by atoms with Crippen LogP contribution in [0.15, 0.2) is 30.6 Å². The number of nitriles is 1. The second kappa shape index (κ2) is 10.7. The third kappa shape index (κ3) is 6.44. The van der Waals surface area contributed by atoms with Gasteiger partial charge in [-0.2, -0.15) is 31.6 Å². The van der Waals surface area contributed by atoms with E-state index in [1.54, 1.807) is 25.7 Å². The molecule has 1 fully saturated rings. The van der Waals surface area contributed by atoms with Crippen molar-refractivity contribution in [2.75, 3.05) is 13.1 Å². The van der Waals surface area contributed by atoms with Gasteiger partial charge in [-0.25, -0.2) is 9.97 Å². The Morgan fingerprint density at radius 3 is 2.15 bits per heavy atom. The summed E-state index contributed by atoms with van der Waals surface area (Å²) in [5.74, 6) is -1.22. The first-order valence-electron chi connectivity index (χ1n) is 12.6. The zero-order chi connectivity index (χ0) is 30.3. The monoisotopic (exact) mass is 580 g/mol. The van der Waals surface area contributed by atoms with Gasteiger partial charge in [-0.1, -0.05) is 20.8 Å². The van der Waals surface area contributed by atoms with Crippen LogP contribution in [0.3, 0.4) is 0 Å². The van der Waals surface area contributed by atoms with E-state index in [4.69, 9.17) is 5.26 Å². The van der Waals surface area contributed by atoms with Crippen LogP contribution in [0.4, 0.5) is 26.3 Å². The van der Waals surface area contributed by atoms with Crippen molar-refractivity contribution in [3.05, 3.63) is 47.3 Å². The normalized spacial score (nSPS) is 16.0. The van der Waals surface area contributed by atoms with Gasteiger partial charge in [0.15, 0.2) is 5.65 Å². The zero-order valence-electron chi connectivity index (χ0n) is 22.2. The van der Waals surface area contributed by atoms with E-state index in [1.807, 2.05) is 0 Å². The molecule has 1 aliphatic heterocycles. The van der Waals surface area contributed by atoms with E-state index in [0.29, 0.717) is 38.1 Å². The molecule has 8 nitrogen and oxygen atoms in total. The number of aromatic amines is 1. The first-order chi connectivity index (χ1) is 19.0. The first kappa shape index (κ1) is 29.8. The number of nitrogens with zero attached hydrogens (tertiary/aromatic N) is 4. The number of piperidine rings is 1. The standard InChI is InChI=1S/C27H26F6N6O2/c1-25(2,3)21(24(41)39-6-4-14(11-34)5-7-39)38-23(40)18-12-35-22-20(18)37-19(13-36-22)15-8-16(26(28,29)30)10-17(9-15)27(31,32)33/h8-10,12-14,21H,4-7H2,1-3H3,(H,35,36)(H,38,40)/t21-/m0/s1. The van der Waals surface area contributed by atoms with Crippen molar-refractivity contribution < 1.29 is 35.9 Å². The fourth-order valence-electron chi connectivity index (χ4n) is 4.58. The Morgan fingerprint density at radius 1 is 1.05 bits per heavy atom. The van der Waals surface area contributed by atoms with E-state index in [-0.39, 0.29) is 40.3 Å². The number of hydrogen-bond acceptors (Lipinski definition) is 5. The number of halogens is 6. The van der Waals surface area contributed by atoms with Crippen LogP contribution in [0.25, 0.3) is 22.4 Å². The van der Waals surface area contributed by atoms with Crippen molar-refractivity contribution in [3.8, 4) is 17.3 Å². The molecule has 3 heterocycles. The zero-order valence-corrected chi connectivity index (χ0v) is 22.2. The summed E-state index contributed by atoms with van der Waals surface area (Å²) >= 11 is 0. The second-order valence-corrected chi connectivity index (χ2v) is 11.0. The fraction of sp³-hybridized carbons (Fsp3) is 0.444. The molecule has 1 aromatic carbocycles. The molecule has 0 spiro atoms. The average Bonchev–Trinajstić information content (AvgIpc) is 3.33. The van der Waals surface area contributed by atoms with Gasteiger partial charge in [0.25, 0.3) is 5.91 Å². The molecule has 0 radical (unpaired) electrons. The molecule has 0 saturated carbocycles. The number of amides is 2. The number of carbonyl (C=O) groups excluding carboxylic acids is 2. The fourth-order valence-corrected chi connectivity index (χ4v) is 4.58. The van der Waals surface area contributed by atoms with Crippen molar-refractivity contribution >= 4 is 23.0 Å². The van der Waals surface area contributed by atoms with Gasteiger partial charge in [-0.05, 0) is 36.5 Å². The molecule has 1 saturated heterocycles. The first-order valence-corrected chi connectivity index (χ1v) is 12.6. The maximum atomic E-state index is 13.4. The third-order valence-corrected chi connectivity index (χ3v) is 6.89. The van der Waals surface area contributed by atoms with Crippen LogP contribution < -0.4 is 5.32 Å². The Kier molecular flexibility index (Phi) is 7.77. The largest absolute Gasteiger partial charge is 0.416 e. The Balaban J connectivity index is 1.68. The molecule has 41 heavy (non-hydrogen) atoms. The molecular formula is C27H26F6N6O2. The van der Waals surface area contributed by atoms with Crippen LogP contribution in [0.2, 0.25) is 0 Å². The Labute approximate surface area is 230 Å². The molecule has 0 unspecified atom stereocenters. The number of hydrogen-bond donors (Lipinski definition) is 2. The van der Waals surface area contributed by atoms with E-state index in [2.05, 4.69) is 26.3 Å². The van der Waals surface area contributed by atoms with Crippen LogP contribution in [-0.2, 0) is 17.1 Å². The highest BCUT2D eigenvalue weighted by atomic mass is 19.4. The van der Waals surface area contributed by atoms with E-state index in [1.165, 1.54) is 6.20 Å². The second-order valence-electron chi connectivity index (χ2n) is 11.0. The van der Waals surface area contributed by atoms with Crippen molar-refractivity contribution in [1.82, 2.24) is 25.2 Å². The highest BCUT2D eigenvalue weighted by Gasteiger charge is 2.39. The smallest absolute Gasteiger partial charge is 0.344 e. The predicted octanol–water partition coefficient (Wildman–Crippen LogP) is 5.57. The number of benzene rings is 1. The van der Waals surface area contributed by atoms with Crippen LogP contribution in [0, 0.1) is 22.7 Å². The summed E-state index contributed by atoms with van der Waals surface area (Å²) in [5.41, 5.74) is -4.68. The summed E-state index contributed by atoms with van der Waals surface area (Å²) in [6, 6.07) is 2.28. The minimum Gasteiger partial charge on any atom is -0.344 e. The number of H-pyrrole nitrogens is 1. The number of nitrogens with one attached hydrogen (secondary N) is 2. The average molecular weight is 581 g/mol. The molecule has 2 aromatic heterocycles. The Bertz CT molecular complexity index is 1480. The van der Waals surface area contributed by atoms with Crippen molar-refractivity contribution in [2.24, 2.45) is 11.3 Å². The molecule has 2 amide bonds. The SMILES string of the molecule is CC(C)(C)[C@@H](NC(=O)c1c[nH]c2ncc(-c3cc(C(F)(F)F)cc(C(F)(F)F)c3)nc12)C(=O)N1CCC(C#N)CC1. The summed E-state index contributed by atoms with van der Waals surface area (Å²) in [4.78, 5) is 39.3. The van der Waals surface area contributed by atoms with Crippen LogP contribution in [-0.4, -0.2) is 50.8 Å². The van der Waals surface area contributed by atoms with Crippen molar-refractivity contribution in [2.45, 2.75) is 52.0 Å². The lowest BCUT2D eigenvalue weighted by Crippen LogP contribution is -2.56. The third-order valence-electron chi connectivity index (χ3n) is 6.89. The number of carbonyl (C=O) groups is 2. The van der Waals surface area contributed by atoms with Gasteiger partial charge in [0.05, 0.1) is 34.7 Å². The lowest BCUT2D eigenvalue weighted by Gasteiger charge is -2.37. The molecule has 218 valence electrons. The van der Waals surface area contributed by atoms with E-state index < -0.39 is 46.4 Å². The van der Waals surface area contributed by atoms with Crippen LogP contribution >= 0.6 is 0 Å². The maximum absolute atomic E-state index is 13.4. The molecular weight excluding hydrogens is 554 g/mol. The maximum Gasteiger partial charge on any atom is 0.416 e. The van der Waals surface area contributed by atoms with Gasteiger partial charge in [-0.3, -0.25) is 9.59 Å². The lowest BCUT2D eigenvalue weighted by molar-refractivity contribution is -0.143. The molecule has 14 heteroatoms. The summed E-state index contributed by atoms with van der Waals surface area (Å²) in [5, 5.41) is 11.8. The number of rotatable bonds is 4. The van der Waals surface area contributed by atoms with Crippen molar-refractivity contribution in [1.29, 1.82) is 5.26 Å². The highest BCUT2D eigenvalue weighted by Crippen LogP contribution is 2.38. The minimum absolute atomic E-state index is 0.0110. The van der Waals surface area contributed by atoms with Gasteiger partial charge in [0, 0.05) is 30.8 Å². The molecule has 1 aliphatic rings. The summed E-state index contributed by atoms with van der Waals surface area (Å²) < 4.78 is 80.2. The van der Waals surface area contributed by atoms with E-state index in [0.717, 1.165) is 6.20 Å². The Hall–Kier alpha value is -4.15. The number of aromatic nitrogens is 3. The molecule has 0 bridgehead atoms. The van der Waals surface area contributed by atoms with Gasteiger partial charge in [0.2, 0.25) is 5.91 Å². The Morgan fingerprint density at radius 2 is 1.63 bits per heavy atom. The number of likely N-dealkylation sites (tertiary alicyclic amines) is 1. The number of fused-ring (bicyclic) bond motifs is 1. The predicted molar refractivity (Wildman–Crippen MR) is 135 cm³/mol. The van der Waals surface area contributed by atoms with E-state index >= 15 is 0 Å². The topological polar surface area (TPSA) is 115 Å². The number of alkyl halides is 6. The highest BCUT2D eigenvalue weighted by molar-refractivity contribution is 6.06. The van der Waals surface area contributed by atoms with Gasteiger partial charge >= 0.3 is 12.4 Å². The summed E-state index contributed by atoms with van der Waals surface area (Å²) in [6.07, 6.45) is -6.82. The van der Waals surface area contributed by atoms with Crippen molar-refractivity contribution in [3.63, 3.8) is 0 Å². The van der Waals surface area contributed by atoms with Gasteiger partial charge in [0.1, 0.15) is 11.6 Å². The van der Waals surface area contributed by atoms with Gasteiger partial charge in [-0.15, -0.1) is 0 Å². The quantitative estimate of drug-likeness (QED) is 0.392. The lowest BCUT2D eigenvalue weighted by atomic mass is 9.85. The van der Waals surface area contributed by atoms with Gasteiger partial charge < -0.3 is 15.2 Å². The summed E-state index contributed by atoms with van der Waals surface area (Å²) in [6.45, 7) is 6.00. The van der Waals surface area contributed by atoms with Crippen LogP contribution in [0.5, 0.6) is 0 Å². The molecule has 1 atom stereocenters. The molecule has 2 N–H and O–H groups in total. The van der Waals surface area contributed by atoms with Crippen LogP contribution in [0.1, 0.15) is 55.1 Å². The van der Waals surface area contributed by atoms with E-state index in [9.17, 15) is 35.9 Å².